The molecule has 1 aliphatic rings. The number of carbonyl (C=O) groups excluding carboxylic acids is 2. The standard InChI is InChI=1S/C23H25N5O7S3/c1-33-16-5-8-19(34-2)18(13-16)24-20(29)14-36-23-27-26-22(37-23)25-21(30)15-3-6-17(7-4-15)38(31,32)28-9-11-35-12-10-28/h3-8,13H,9-12,14H2,1-2H3,(H,24,29)(H,25,26,30). The Morgan fingerprint density at radius 3 is 2.47 bits per heavy atom. The fourth-order valence-corrected chi connectivity index (χ4v) is 6.38. The molecule has 0 radical (unpaired) electrons. The zero-order valence-corrected chi connectivity index (χ0v) is 23.0. The number of morpholine rings is 1. The molecule has 15 heteroatoms. The van der Waals surface area contributed by atoms with Crippen molar-refractivity contribution in [1.29, 1.82) is 0 Å². The first kappa shape index (κ1) is 27.8. The molecule has 0 bridgehead atoms. The highest BCUT2D eigenvalue weighted by Crippen LogP contribution is 2.30. The minimum absolute atomic E-state index is 0.0576. The van der Waals surface area contributed by atoms with Crippen molar-refractivity contribution in [3.63, 3.8) is 0 Å². The van der Waals surface area contributed by atoms with Gasteiger partial charge in [0, 0.05) is 24.7 Å². The van der Waals surface area contributed by atoms with Crippen molar-refractivity contribution in [2.45, 2.75) is 9.24 Å². The van der Waals surface area contributed by atoms with Gasteiger partial charge in [-0.3, -0.25) is 14.9 Å². The molecule has 1 fully saturated rings. The van der Waals surface area contributed by atoms with Gasteiger partial charge in [-0.05, 0) is 36.4 Å². The number of carbonyl (C=O) groups is 2. The largest absolute Gasteiger partial charge is 0.497 e. The van der Waals surface area contributed by atoms with Crippen LogP contribution in [0.2, 0.25) is 0 Å². The number of thioether (sulfide) groups is 1. The number of sulfonamides is 1. The van der Waals surface area contributed by atoms with Gasteiger partial charge in [0.1, 0.15) is 11.5 Å². The molecule has 0 aliphatic carbocycles. The van der Waals surface area contributed by atoms with Crippen LogP contribution in [0.3, 0.4) is 0 Å². The molecule has 202 valence electrons. The van der Waals surface area contributed by atoms with Gasteiger partial charge in [-0.15, -0.1) is 10.2 Å². The molecule has 2 amide bonds. The van der Waals surface area contributed by atoms with Crippen molar-refractivity contribution in [2.75, 3.05) is 56.9 Å². The second-order valence-electron chi connectivity index (χ2n) is 7.77. The van der Waals surface area contributed by atoms with Crippen LogP contribution >= 0.6 is 23.1 Å². The predicted molar refractivity (Wildman–Crippen MR) is 143 cm³/mol. The lowest BCUT2D eigenvalue weighted by Gasteiger charge is -2.26. The number of nitrogens with zero attached hydrogens (tertiary/aromatic N) is 3. The molecule has 38 heavy (non-hydrogen) atoms. The highest BCUT2D eigenvalue weighted by atomic mass is 32.2. The molecule has 3 aromatic rings. The summed E-state index contributed by atoms with van der Waals surface area (Å²) in [5.41, 5.74) is 0.744. The maximum atomic E-state index is 12.7. The Hall–Kier alpha value is -3.24. The summed E-state index contributed by atoms with van der Waals surface area (Å²) in [6, 6.07) is 10.8. The highest BCUT2D eigenvalue weighted by Gasteiger charge is 2.26. The van der Waals surface area contributed by atoms with Crippen LogP contribution in [0.5, 0.6) is 11.5 Å². The van der Waals surface area contributed by atoms with E-state index in [2.05, 4.69) is 20.8 Å². The summed E-state index contributed by atoms with van der Waals surface area (Å²) in [7, 11) is -0.614. The lowest BCUT2D eigenvalue weighted by atomic mass is 10.2. The fraction of sp³-hybridized carbons (Fsp3) is 0.304. The minimum atomic E-state index is -3.65. The molecule has 0 atom stereocenters. The number of amides is 2. The molecule has 0 unspecified atom stereocenters. The number of hydrogen-bond donors (Lipinski definition) is 2. The Bertz CT molecular complexity index is 1390. The number of benzene rings is 2. The summed E-state index contributed by atoms with van der Waals surface area (Å²) < 4.78 is 43.0. The van der Waals surface area contributed by atoms with Crippen LogP contribution in [-0.2, 0) is 19.6 Å². The number of methoxy groups -OCH3 is 2. The molecular formula is C23H25N5O7S3. The molecule has 1 aromatic heterocycles. The number of nitrogens with one attached hydrogen (secondary N) is 2. The van der Waals surface area contributed by atoms with Crippen molar-refractivity contribution in [1.82, 2.24) is 14.5 Å². The van der Waals surface area contributed by atoms with Crippen molar-refractivity contribution in [2.24, 2.45) is 0 Å². The SMILES string of the molecule is COc1ccc(OC)c(NC(=O)CSc2nnc(NC(=O)c3ccc(S(=O)(=O)N4CCOCC4)cc3)s2)c1. The summed E-state index contributed by atoms with van der Waals surface area (Å²) in [5, 5.41) is 13.6. The van der Waals surface area contributed by atoms with Gasteiger partial charge in [0.25, 0.3) is 5.91 Å². The van der Waals surface area contributed by atoms with Gasteiger partial charge >= 0.3 is 0 Å². The van der Waals surface area contributed by atoms with Gasteiger partial charge in [-0.1, -0.05) is 23.1 Å². The molecule has 0 spiro atoms. The van der Waals surface area contributed by atoms with Gasteiger partial charge < -0.3 is 19.5 Å². The Labute approximate surface area is 227 Å². The van der Waals surface area contributed by atoms with E-state index in [0.717, 1.165) is 23.1 Å². The second kappa shape index (κ2) is 12.5. The van der Waals surface area contributed by atoms with E-state index in [9.17, 15) is 18.0 Å². The maximum absolute atomic E-state index is 12.7. The molecule has 1 aliphatic heterocycles. The van der Waals surface area contributed by atoms with Gasteiger partial charge in [0.05, 0.1) is 43.8 Å². The van der Waals surface area contributed by atoms with Crippen LogP contribution in [0, 0.1) is 0 Å². The summed E-state index contributed by atoms with van der Waals surface area (Å²) in [6.45, 7) is 1.28. The first-order valence-electron chi connectivity index (χ1n) is 11.3. The van der Waals surface area contributed by atoms with Crippen LogP contribution in [0.15, 0.2) is 51.7 Å². The molecule has 2 N–H and O–H groups in total. The highest BCUT2D eigenvalue weighted by molar-refractivity contribution is 8.01. The topological polar surface area (TPSA) is 149 Å². The lowest BCUT2D eigenvalue weighted by molar-refractivity contribution is -0.113. The number of rotatable bonds is 10. The fourth-order valence-electron chi connectivity index (χ4n) is 3.43. The molecule has 2 heterocycles. The zero-order chi connectivity index (χ0) is 27.1. The van der Waals surface area contributed by atoms with Crippen LogP contribution < -0.4 is 20.1 Å². The first-order valence-corrected chi connectivity index (χ1v) is 14.5. The van der Waals surface area contributed by atoms with E-state index in [4.69, 9.17) is 14.2 Å². The van der Waals surface area contributed by atoms with Crippen molar-refractivity contribution >= 4 is 55.8 Å². The van der Waals surface area contributed by atoms with Crippen LogP contribution in [-0.4, -0.2) is 81.0 Å². The zero-order valence-electron chi connectivity index (χ0n) is 20.5. The lowest BCUT2D eigenvalue weighted by Crippen LogP contribution is -2.40. The molecule has 1 saturated heterocycles. The van der Waals surface area contributed by atoms with E-state index in [1.807, 2.05) is 0 Å². The van der Waals surface area contributed by atoms with E-state index in [0.29, 0.717) is 47.8 Å². The number of aromatic nitrogens is 2. The molecule has 2 aromatic carbocycles. The Balaban J connectivity index is 1.31. The van der Waals surface area contributed by atoms with Crippen LogP contribution in [0.4, 0.5) is 10.8 Å². The smallest absolute Gasteiger partial charge is 0.257 e. The molecular weight excluding hydrogens is 554 g/mol. The second-order valence-corrected chi connectivity index (χ2v) is 11.9. The summed E-state index contributed by atoms with van der Waals surface area (Å²) in [6.07, 6.45) is 0. The van der Waals surface area contributed by atoms with Crippen molar-refractivity contribution < 1.29 is 32.2 Å². The van der Waals surface area contributed by atoms with Gasteiger partial charge in [-0.25, -0.2) is 8.42 Å². The molecule has 0 saturated carbocycles. The van der Waals surface area contributed by atoms with Crippen LogP contribution in [0.1, 0.15) is 10.4 Å². The van der Waals surface area contributed by atoms with E-state index < -0.39 is 15.9 Å². The van der Waals surface area contributed by atoms with Gasteiger partial charge in [-0.2, -0.15) is 4.31 Å². The van der Waals surface area contributed by atoms with E-state index in [-0.39, 0.29) is 27.3 Å². The van der Waals surface area contributed by atoms with Crippen molar-refractivity contribution in [3.05, 3.63) is 48.0 Å². The van der Waals surface area contributed by atoms with E-state index in [1.54, 1.807) is 18.2 Å². The third kappa shape index (κ3) is 6.79. The van der Waals surface area contributed by atoms with E-state index >= 15 is 0 Å². The number of anilines is 2. The minimum Gasteiger partial charge on any atom is -0.497 e. The average Bonchev–Trinajstić information content (AvgIpc) is 3.39. The summed E-state index contributed by atoms with van der Waals surface area (Å²) in [5.74, 6) is 0.385. The van der Waals surface area contributed by atoms with E-state index in [1.165, 1.54) is 42.8 Å². The van der Waals surface area contributed by atoms with Crippen LogP contribution in [0.25, 0.3) is 0 Å². The van der Waals surface area contributed by atoms with Crippen molar-refractivity contribution in [3.8, 4) is 11.5 Å². The predicted octanol–water partition coefficient (Wildman–Crippen LogP) is 2.56. The molecule has 4 rings (SSSR count). The van der Waals surface area contributed by atoms with Gasteiger partial charge in [0.2, 0.25) is 21.1 Å². The first-order chi connectivity index (χ1) is 18.3. The Kier molecular flexibility index (Phi) is 9.17. The normalized spacial score (nSPS) is 14.1. The third-order valence-corrected chi connectivity index (χ3v) is 9.24. The average molecular weight is 580 g/mol. The Morgan fingerprint density at radius 1 is 1.05 bits per heavy atom. The maximum Gasteiger partial charge on any atom is 0.257 e. The quantitative estimate of drug-likeness (QED) is 0.271. The van der Waals surface area contributed by atoms with Gasteiger partial charge in [0.15, 0.2) is 4.34 Å². The monoisotopic (exact) mass is 579 g/mol. The Morgan fingerprint density at radius 2 is 1.79 bits per heavy atom. The number of ether oxygens (including phenoxy) is 3. The third-order valence-electron chi connectivity index (χ3n) is 5.36. The number of hydrogen-bond acceptors (Lipinski definition) is 11. The molecule has 12 nitrogen and oxygen atoms in total. The summed E-state index contributed by atoms with van der Waals surface area (Å²) >= 11 is 2.28. The summed E-state index contributed by atoms with van der Waals surface area (Å²) in [4.78, 5) is 25.2.